The highest BCUT2D eigenvalue weighted by Crippen LogP contribution is 2.28. The summed E-state index contributed by atoms with van der Waals surface area (Å²) in [5, 5.41) is 2.81. The zero-order valence-corrected chi connectivity index (χ0v) is 15.1. The summed E-state index contributed by atoms with van der Waals surface area (Å²) >= 11 is 0. The molecule has 3 N–H and O–H groups in total. The van der Waals surface area contributed by atoms with Crippen LogP contribution in [0.25, 0.3) is 6.08 Å². The first-order valence-corrected chi connectivity index (χ1v) is 9.50. The van der Waals surface area contributed by atoms with Crippen LogP contribution in [0.3, 0.4) is 0 Å². The van der Waals surface area contributed by atoms with Crippen LogP contribution in [0.15, 0.2) is 41.7 Å². The van der Waals surface area contributed by atoms with Crippen LogP contribution in [-0.2, 0) is 17.0 Å². The first-order chi connectivity index (χ1) is 11.8. The lowest BCUT2D eigenvalue weighted by molar-refractivity contribution is 0.101. The molecule has 7 nitrogen and oxygen atoms in total. The summed E-state index contributed by atoms with van der Waals surface area (Å²) in [6.07, 6.45) is 8.43. The fourth-order valence-corrected chi connectivity index (χ4v) is 4.41. The molecule has 2 aromatic heterocycles. The SMILES string of the molecule is CC(C)[C@H]1C=Cc2c(cn(C)c2C(=O)Nc2ccncc2)S(=N)(=O)N1. The molecule has 0 bridgehead atoms. The number of anilines is 1. The lowest BCUT2D eigenvalue weighted by Gasteiger charge is -2.18. The number of amides is 1. The van der Waals surface area contributed by atoms with Gasteiger partial charge in [-0.3, -0.25) is 9.78 Å². The molecule has 1 unspecified atom stereocenters. The Labute approximate surface area is 147 Å². The van der Waals surface area contributed by atoms with Gasteiger partial charge in [-0.15, -0.1) is 0 Å². The zero-order valence-electron chi connectivity index (χ0n) is 14.3. The number of rotatable bonds is 3. The molecule has 25 heavy (non-hydrogen) atoms. The predicted molar refractivity (Wildman–Crippen MR) is 97.5 cm³/mol. The van der Waals surface area contributed by atoms with Crippen molar-refractivity contribution in [2.45, 2.75) is 24.8 Å². The van der Waals surface area contributed by atoms with Crippen molar-refractivity contribution in [1.82, 2.24) is 14.3 Å². The van der Waals surface area contributed by atoms with E-state index in [2.05, 4.69) is 15.0 Å². The van der Waals surface area contributed by atoms with Gasteiger partial charge in [0.15, 0.2) is 0 Å². The summed E-state index contributed by atoms with van der Waals surface area (Å²) < 4.78 is 25.6. The number of nitrogens with one attached hydrogen (secondary N) is 3. The molecular weight excluding hydrogens is 338 g/mol. The van der Waals surface area contributed by atoms with Crippen molar-refractivity contribution in [1.29, 1.82) is 4.78 Å². The van der Waals surface area contributed by atoms with E-state index in [1.54, 1.807) is 48.4 Å². The third kappa shape index (κ3) is 3.35. The highest BCUT2D eigenvalue weighted by atomic mass is 32.2. The molecule has 0 radical (unpaired) electrons. The lowest BCUT2D eigenvalue weighted by Crippen LogP contribution is -2.35. The Bertz CT molecular complexity index is 929. The summed E-state index contributed by atoms with van der Waals surface area (Å²) in [5.74, 6) is -0.146. The van der Waals surface area contributed by atoms with Crippen LogP contribution in [0, 0.1) is 10.7 Å². The van der Waals surface area contributed by atoms with Crippen molar-refractivity contribution in [2.24, 2.45) is 13.0 Å². The van der Waals surface area contributed by atoms with E-state index < -0.39 is 9.92 Å². The predicted octanol–water partition coefficient (Wildman–Crippen LogP) is 2.63. The minimum Gasteiger partial charge on any atom is -0.345 e. The van der Waals surface area contributed by atoms with E-state index in [0.717, 1.165) is 0 Å². The van der Waals surface area contributed by atoms with Gasteiger partial charge in [-0.25, -0.2) is 13.7 Å². The van der Waals surface area contributed by atoms with E-state index in [4.69, 9.17) is 4.78 Å². The molecule has 3 rings (SSSR count). The number of aryl methyl sites for hydroxylation is 1. The van der Waals surface area contributed by atoms with Crippen molar-refractivity contribution in [3.63, 3.8) is 0 Å². The molecule has 1 amide bonds. The Hall–Kier alpha value is -2.45. The summed E-state index contributed by atoms with van der Waals surface area (Å²) in [5.41, 5.74) is 1.51. The minimum atomic E-state index is -3.20. The van der Waals surface area contributed by atoms with Gasteiger partial charge in [0.05, 0.1) is 4.90 Å². The van der Waals surface area contributed by atoms with Crippen LogP contribution < -0.4 is 10.0 Å². The average molecular weight is 359 g/mol. The molecule has 0 spiro atoms. The van der Waals surface area contributed by atoms with Gasteiger partial charge in [0.2, 0.25) is 0 Å². The largest absolute Gasteiger partial charge is 0.345 e. The molecule has 1 aliphatic heterocycles. The second-order valence-electron chi connectivity index (χ2n) is 6.36. The van der Waals surface area contributed by atoms with Gasteiger partial charge < -0.3 is 9.88 Å². The molecule has 0 fully saturated rings. The van der Waals surface area contributed by atoms with Gasteiger partial charge in [-0.05, 0) is 18.1 Å². The normalized spacial score (nSPS) is 22.5. The summed E-state index contributed by atoms with van der Waals surface area (Å²) in [4.78, 5) is 17.0. The van der Waals surface area contributed by atoms with Gasteiger partial charge in [-0.1, -0.05) is 26.0 Å². The van der Waals surface area contributed by atoms with Crippen molar-refractivity contribution in [3.8, 4) is 0 Å². The number of hydrogen-bond donors (Lipinski definition) is 3. The summed E-state index contributed by atoms with van der Waals surface area (Å²) in [6.45, 7) is 3.98. The molecule has 3 heterocycles. The number of aromatic nitrogens is 2. The van der Waals surface area contributed by atoms with Crippen molar-refractivity contribution < 1.29 is 9.00 Å². The van der Waals surface area contributed by atoms with E-state index in [1.807, 2.05) is 19.9 Å². The summed E-state index contributed by atoms with van der Waals surface area (Å²) in [6, 6.07) is 3.19. The van der Waals surface area contributed by atoms with Crippen molar-refractivity contribution in [3.05, 3.63) is 48.1 Å². The quantitative estimate of drug-likeness (QED) is 0.785. The average Bonchev–Trinajstić information content (AvgIpc) is 2.83. The molecular formula is C17H21N5O2S. The number of nitrogens with zero attached hydrogens (tertiary/aromatic N) is 2. The first kappa shape index (κ1) is 17.4. The van der Waals surface area contributed by atoms with Crippen LogP contribution in [0.5, 0.6) is 0 Å². The van der Waals surface area contributed by atoms with Gasteiger partial charge in [0, 0.05) is 42.9 Å². The van der Waals surface area contributed by atoms with Crippen molar-refractivity contribution >= 4 is 27.6 Å². The lowest BCUT2D eigenvalue weighted by atomic mass is 10.0. The van der Waals surface area contributed by atoms with E-state index in [9.17, 15) is 9.00 Å². The number of carbonyl (C=O) groups is 1. The monoisotopic (exact) mass is 359 g/mol. The third-order valence-electron chi connectivity index (χ3n) is 4.14. The van der Waals surface area contributed by atoms with Crippen LogP contribution >= 0.6 is 0 Å². The molecule has 0 saturated carbocycles. The maximum absolute atomic E-state index is 12.9. The Kier molecular flexibility index (Phi) is 4.49. The molecule has 132 valence electrons. The summed E-state index contributed by atoms with van der Waals surface area (Å²) in [7, 11) is -1.50. The topological polar surface area (TPSA) is 99.9 Å². The van der Waals surface area contributed by atoms with Gasteiger partial charge in [-0.2, -0.15) is 0 Å². The zero-order chi connectivity index (χ0) is 18.2. The van der Waals surface area contributed by atoms with E-state index in [0.29, 0.717) is 21.8 Å². The second kappa shape index (κ2) is 6.45. The van der Waals surface area contributed by atoms with Gasteiger partial charge in [0.1, 0.15) is 15.6 Å². The Morgan fingerprint density at radius 2 is 2.08 bits per heavy atom. The first-order valence-electron chi connectivity index (χ1n) is 7.94. The van der Waals surface area contributed by atoms with Crippen molar-refractivity contribution in [2.75, 3.05) is 5.32 Å². The molecule has 1 aliphatic rings. The number of hydrogen-bond acceptors (Lipinski definition) is 4. The van der Waals surface area contributed by atoms with E-state index >= 15 is 0 Å². The Morgan fingerprint density at radius 3 is 2.72 bits per heavy atom. The minimum absolute atomic E-state index is 0.175. The van der Waals surface area contributed by atoms with Crippen LogP contribution in [0.2, 0.25) is 0 Å². The molecule has 0 saturated heterocycles. The van der Waals surface area contributed by atoms with Crippen LogP contribution in [-0.4, -0.2) is 25.7 Å². The molecule has 0 aliphatic carbocycles. The fraction of sp³-hybridized carbons (Fsp3) is 0.294. The molecule has 8 heteroatoms. The number of fused-ring (bicyclic) bond motifs is 1. The Balaban J connectivity index is 2.05. The smallest absolute Gasteiger partial charge is 0.272 e. The maximum atomic E-state index is 12.9. The van der Waals surface area contributed by atoms with E-state index in [-0.39, 0.29) is 17.9 Å². The standard InChI is InChI=1S/C17H21N5O2S/c1-11(2)14-5-4-13-15(25(18,24)21-14)10-22(3)16(13)17(23)20-12-6-8-19-9-7-12/h4-11,14H,1-3H3,(H2,18,21,24)(H,19,20,23)/t14-,25?/m1/s1. The van der Waals surface area contributed by atoms with Gasteiger partial charge in [0.25, 0.3) is 5.91 Å². The molecule has 2 atom stereocenters. The number of carbonyl (C=O) groups excluding carboxylic acids is 1. The third-order valence-corrected chi connectivity index (χ3v) is 5.69. The number of pyridine rings is 1. The second-order valence-corrected chi connectivity index (χ2v) is 8.15. The van der Waals surface area contributed by atoms with E-state index in [1.165, 1.54) is 0 Å². The Morgan fingerprint density at radius 1 is 1.40 bits per heavy atom. The van der Waals surface area contributed by atoms with Crippen LogP contribution in [0.4, 0.5) is 5.69 Å². The highest BCUT2D eigenvalue weighted by molar-refractivity contribution is 7.90. The molecule has 2 aromatic rings. The fourth-order valence-electron chi connectivity index (χ4n) is 2.77. The maximum Gasteiger partial charge on any atom is 0.272 e. The molecule has 0 aromatic carbocycles. The van der Waals surface area contributed by atoms with Crippen LogP contribution in [0.1, 0.15) is 29.9 Å². The highest BCUT2D eigenvalue weighted by Gasteiger charge is 2.29. The van der Waals surface area contributed by atoms with Gasteiger partial charge >= 0.3 is 0 Å².